The smallest absolute Gasteiger partial charge is 0.0845 e. The maximum Gasteiger partial charge on any atom is 0.0845 e. The number of benzene rings is 1. The highest BCUT2D eigenvalue weighted by molar-refractivity contribution is 5.28. The molecule has 0 saturated heterocycles. The van der Waals surface area contributed by atoms with Crippen LogP contribution in [0.2, 0.25) is 0 Å². The van der Waals surface area contributed by atoms with E-state index >= 15 is 0 Å². The number of aliphatic hydroxyl groups is 1. The van der Waals surface area contributed by atoms with Crippen LogP contribution in [-0.4, -0.2) is 10.1 Å². The van der Waals surface area contributed by atoms with E-state index in [4.69, 9.17) is 0 Å². The topological polar surface area (TPSA) is 33.1 Å². The van der Waals surface area contributed by atoms with E-state index in [-0.39, 0.29) is 0 Å². The average Bonchev–Trinajstić information content (AvgIpc) is 2.41. The van der Waals surface area contributed by atoms with Gasteiger partial charge in [0.05, 0.1) is 6.10 Å². The molecule has 0 aliphatic rings. The lowest BCUT2D eigenvalue weighted by atomic mass is 9.97. The molecule has 1 aromatic carbocycles. The van der Waals surface area contributed by atoms with Gasteiger partial charge in [0.1, 0.15) is 0 Å². The van der Waals surface area contributed by atoms with Crippen molar-refractivity contribution in [2.45, 2.75) is 39.2 Å². The van der Waals surface area contributed by atoms with Gasteiger partial charge in [-0.15, -0.1) is 0 Å². The summed E-state index contributed by atoms with van der Waals surface area (Å²) in [5.41, 5.74) is 4.34. The van der Waals surface area contributed by atoms with E-state index in [1.807, 2.05) is 31.2 Å². The van der Waals surface area contributed by atoms with Crippen LogP contribution in [0.1, 0.15) is 48.3 Å². The molecule has 19 heavy (non-hydrogen) atoms. The number of hydrogen-bond donors (Lipinski definition) is 1. The Kier molecular flexibility index (Phi) is 4.33. The monoisotopic (exact) mass is 255 g/mol. The van der Waals surface area contributed by atoms with Crippen molar-refractivity contribution in [3.05, 3.63) is 65.0 Å². The summed E-state index contributed by atoms with van der Waals surface area (Å²) in [5.74, 6) is 0.518. The highest BCUT2D eigenvalue weighted by Gasteiger charge is 2.11. The van der Waals surface area contributed by atoms with E-state index in [2.05, 4.69) is 31.0 Å². The summed E-state index contributed by atoms with van der Waals surface area (Å²) < 4.78 is 0. The molecule has 1 heterocycles. The predicted molar refractivity (Wildman–Crippen MR) is 78.2 cm³/mol. The molecule has 2 heteroatoms. The van der Waals surface area contributed by atoms with Crippen molar-refractivity contribution in [1.82, 2.24) is 4.98 Å². The Morgan fingerprint density at radius 2 is 1.68 bits per heavy atom. The number of rotatable bonds is 4. The molecule has 1 N–H and O–H groups in total. The minimum absolute atomic E-state index is 0.491. The molecule has 0 amide bonds. The van der Waals surface area contributed by atoms with Gasteiger partial charge in [-0.1, -0.05) is 44.2 Å². The Hall–Kier alpha value is -1.67. The SMILES string of the molecule is Cc1cccnc1CC(O)c1ccc(C(C)C)cc1. The first-order valence-corrected chi connectivity index (χ1v) is 6.76. The molecular formula is C17H21NO. The Balaban J connectivity index is 2.12. The minimum atomic E-state index is -0.491. The number of nitrogens with zero attached hydrogens (tertiary/aromatic N) is 1. The van der Waals surface area contributed by atoms with Crippen LogP contribution < -0.4 is 0 Å². The minimum Gasteiger partial charge on any atom is -0.388 e. The molecule has 2 nitrogen and oxygen atoms in total. The molecule has 0 aliphatic heterocycles. The Morgan fingerprint density at radius 3 is 2.26 bits per heavy atom. The first kappa shape index (κ1) is 13.8. The zero-order chi connectivity index (χ0) is 13.8. The lowest BCUT2D eigenvalue weighted by Crippen LogP contribution is -2.05. The van der Waals surface area contributed by atoms with E-state index in [1.54, 1.807) is 6.20 Å². The van der Waals surface area contributed by atoms with Crippen LogP contribution in [-0.2, 0) is 6.42 Å². The summed E-state index contributed by atoms with van der Waals surface area (Å²) >= 11 is 0. The van der Waals surface area contributed by atoms with E-state index < -0.39 is 6.10 Å². The van der Waals surface area contributed by atoms with E-state index in [1.165, 1.54) is 5.56 Å². The first-order chi connectivity index (χ1) is 9.08. The molecule has 1 atom stereocenters. The molecule has 0 spiro atoms. The van der Waals surface area contributed by atoms with Crippen molar-refractivity contribution in [3.8, 4) is 0 Å². The van der Waals surface area contributed by atoms with Gasteiger partial charge in [-0.25, -0.2) is 0 Å². The third kappa shape index (κ3) is 3.42. The molecule has 2 aromatic rings. The maximum absolute atomic E-state index is 10.3. The molecule has 0 saturated carbocycles. The average molecular weight is 255 g/mol. The van der Waals surface area contributed by atoms with E-state index in [0.717, 1.165) is 16.8 Å². The third-order valence-electron chi connectivity index (χ3n) is 3.49. The summed E-state index contributed by atoms with van der Waals surface area (Å²) in [7, 11) is 0. The molecule has 0 fully saturated rings. The fraction of sp³-hybridized carbons (Fsp3) is 0.353. The van der Waals surface area contributed by atoms with Gasteiger partial charge in [0.2, 0.25) is 0 Å². The van der Waals surface area contributed by atoms with Crippen LogP contribution in [0.4, 0.5) is 0 Å². The van der Waals surface area contributed by atoms with Crippen molar-refractivity contribution < 1.29 is 5.11 Å². The molecule has 100 valence electrons. The predicted octanol–water partition coefficient (Wildman–Crippen LogP) is 3.79. The standard InChI is InChI=1S/C17H21NO/c1-12(2)14-6-8-15(9-7-14)17(19)11-16-13(3)5-4-10-18-16/h4-10,12,17,19H,11H2,1-3H3. The number of pyridine rings is 1. The van der Waals surface area contributed by atoms with Crippen LogP contribution in [0.15, 0.2) is 42.6 Å². The summed E-state index contributed by atoms with van der Waals surface area (Å²) in [6, 6.07) is 12.2. The van der Waals surface area contributed by atoms with Gasteiger partial charge in [-0.05, 0) is 35.6 Å². The summed E-state index contributed by atoms with van der Waals surface area (Å²) in [6.45, 7) is 6.36. The van der Waals surface area contributed by atoms with Crippen LogP contribution in [0, 0.1) is 6.92 Å². The van der Waals surface area contributed by atoms with Gasteiger partial charge in [0.25, 0.3) is 0 Å². The summed E-state index contributed by atoms with van der Waals surface area (Å²) in [4.78, 5) is 4.33. The highest BCUT2D eigenvalue weighted by atomic mass is 16.3. The van der Waals surface area contributed by atoms with Crippen molar-refractivity contribution >= 4 is 0 Å². The zero-order valence-corrected chi connectivity index (χ0v) is 11.8. The maximum atomic E-state index is 10.3. The molecule has 0 aliphatic carbocycles. The van der Waals surface area contributed by atoms with Gasteiger partial charge in [0, 0.05) is 18.3 Å². The summed E-state index contributed by atoms with van der Waals surface area (Å²) in [5, 5.41) is 10.3. The van der Waals surface area contributed by atoms with E-state index in [9.17, 15) is 5.11 Å². The van der Waals surface area contributed by atoms with Crippen molar-refractivity contribution in [2.24, 2.45) is 0 Å². The fourth-order valence-electron chi connectivity index (χ4n) is 2.14. The van der Waals surface area contributed by atoms with Crippen molar-refractivity contribution in [3.63, 3.8) is 0 Å². The first-order valence-electron chi connectivity index (χ1n) is 6.76. The quantitative estimate of drug-likeness (QED) is 0.901. The second-order valence-corrected chi connectivity index (χ2v) is 5.31. The van der Waals surface area contributed by atoms with Crippen LogP contribution in [0.25, 0.3) is 0 Å². The number of aliphatic hydroxyl groups excluding tert-OH is 1. The van der Waals surface area contributed by atoms with Crippen LogP contribution >= 0.6 is 0 Å². The van der Waals surface area contributed by atoms with Crippen LogP contribution in [0.5, 0.6) is 0 Å². The number of aryl methyl sites for hydroxylation is 1. The van der Waals surface area contributed by atoms with Gasteiger partial charge in [-0.3, -0.25) is 4.98 Å². The normalized spacial score (nSPS) is 12.7. The zero-order valence-electron chi connectivity index (χ0n) is 11.8. The highest BCUT2D eigenvalue weighted by Crippen LogP contribution is 2.21. The molecule has 0 radical (unpaired) electrons. The second-order valence-electron chi connectivity index (χ2n) is 5.31. The molecule has 1 unspecified atom stereocenters. The Bertz CT molecular complexity index is 531. The molecule has 2 rings (SSSR count). The number of hydrogen-bond acceptors (Lipinski definition) is 2. The summed E-state index contributed by atoms with van der Waals surface area (Å²) in [6.07, 6.45) is 1.85. The van der Waals surface area contributed by atoms with Gasteiger partial charge in [0.15, 0.2) is 0 Å². The molecular weight excluding hydrogens is 234 g/mol. The lowest BCUT2D eigenvalue weighted by molar-refractivity contribution is 0.177. The molecule has 0 bridgehead atoms. The second kappa shape index (κ2) is 5.98. The Labute approximate surface area is 115 Å². The molecule has 1 aromatic heterocycles. The van der Waals surface area contributed by atoms with Crippen molar-refractivity contribution in [1.29, 1.82) is 0 Å². The third-order valence-corrected chi connectivity index (χ3v) is 3.49. The Morgan fingerprint density at radius 1 is 1.05 bits per heavy atom. The van der Waals surface area contributed by atoms with Crippen LogP contribution in [0.3, 0.4) is 0 Å². The fourth-order valence-corrected chi connectivity index (χ4v) is 2.14. The van der Waals surface area contributed by atoms with E-state index in [0.29, 0.717) is 12.3 Å². The lowest BCUT2D eigenvalue weighted by Gasteiger charge is -2.13. The largest absolute Gasteiger partial charge is 0.388 e. The van der Waals surface area contributed by atoms with Gasteiger partial charge in [-0.2, -0.15) is 0 Å². The van der Waals surface area contributed by atoms with Gasteiger partial charge >= 0.3 is 0 Å². The number of aromatic nitrogens is 1. The van der Waals surface area contributed by atoms with Gasteiger partial charge < -0.3 is 5.11 Å². The van der Waals surface area contributed by atoms with Crippen molar-refractivity contribution in [2.75, 3.05) is 0 Å².